The predicted octanol–water partition coefficient (Wildman–Crippen LogP) is 3.56. The van der Waals surface area contributed by atoms with E-state index in [1.807, 2.05) is 0 Å². The number of hydrazine groups is 3. The highest BCUT2D eigenvalue weighted by Crippen LogP contribution is 2.39. The van der Waals surface area contributed by atoms with Gasteiger partial charge in [-0.1, -0.05) is 64.2 Å². The van der Waals surface area contributed by atoms with Gasteiger partial charge in [0.2, 0.25) is 0 Å². The van der Waals surface area contributed by atoms with Crippen LogP contribution in [0, 0.1) is 11.8 Å². The Balaban J connectivity index is 1.66. The fraction of sp³-hybridized carbons (Fsp3) is 1.00. The Hall–Kier alpha value is -0.160. The number of rotatable bonds is 0. The van der Waals surface area contributed by atoms with Gasteiger partial charge in [-0.3, -0.25) is 0 Å². The van der Waals surface area contributed by atoms with Crippen molar-refractivity contribution in [3.63, 3.8) is 0 Å². The minimum Gasteiger partial charge on any atom is -0.243 e. The standard InChI is InChI=1S/C18H36N4/c1-2-4-6-9-16-11-8-12-18(13-16)14-17(10-7-5-3-1)15-19-21-22-20-18/h16-17,19-22H,1-15H2. The first-order valence-electron chi connectivity index (χ1n) is 9.86. The number of hydrogen-bond acceptors (Lipinski definition) is 4. The molecule has 0 amide bonds. The molecule has 1 heterocycles. The van der Waals surface area contributed by atoms with Crippen molar-refractivity contribution in [2.45, 2.75) is 95.4 Å². The maximum absolute atomic E-state index is 3.65. The minimum atomic E-state index is 0.326. The molecular weight excluding hydrogens is 272 g/mol. The Bertz CT molecular complexity index is 322. The van der Waals surface area contributed by atoms with Crippen LogP contribution in [0.4, 0.5) is 0 Å². The van der Waals surface area contributed by atoms with E-state index in [9.17, 15) is 0 Å². The first kappa shape index (κ1) is 16.7. The van der Waals surface area contributed by atoms with E-state index < -0.39 is 0 Å². The average Bonchev–Trinajstić information content (AvgIpc) is 2.50. The maximum atomic E-state index is 3.65. The van der Waals surface area contributed by atoms with Crippen LogP contribution in [0.25, 0.3) is 0 Å². The zero-order valence-corrected chi connectivity index (χ0v) is 14.3. The van der Waals surface area contributed by atoms with Gasteiger partial charge in [-0.15, -0.1) is 0 Å². The third kappa shape index (κ3) is 4.92. The normalized spacial score (nSPS) is 39.3. The Kier molecular flexibility index (Phi) is 6.54. The smallest absolute Gasteiger partial charge is 0.0343 e. The Morgan fingerprint density at radius 3 is 2.09 bits per heavy atom. The van der Waals surface area contributed by atoms with Crippen molar-refractivity contribution < 1.29 is 0 Å². The van der Waals surface area contributed by atoms with Gasteiger partial charge >= 0.3 is 0 Å². The summed E-state index contributed by atoms with van der Waals surface area (Å²) >= 11 is 0. The van der Waals surface area contributed by atoms with Crippen LogP contribution < -0.4 is 21.9 Å². The summed E-state index contributed by atoms with van der Waals surface area (Å²) in [6.45, 7) is 1.10. The van der Waals surface area contributed by atoms with Crippen LogP contribution in [0.15, 0.2) is 0 Å². The van der Waals surface area contributed by atoms with Crippen molar-refractivity contribution in [2.24, 2.45) is 11.8 Å². The highest BCUT2D eigenvalue weighted by molar-refractivity contribution is 4.95. The van der Waals surface area contributed by atoms with Crippen LogP contribution in [0.1, 0.15) is 89.9 Å². The SMILES string of the molecule is C1CCCCC2CCCC3(C2)CC(CCCC1)CNNNN3. The Morgan fingerprint density at radius 1 is 0.636 bits per heavy atom. The van der Waals surface area contributed by atoms with Crippen molar-refractivity contribution in [3.8, 4) is 0 Å². The van der Waals surface area contributed by atoms with Gasteiger partial charge in [0.1, 0.15) is 0 Å². The molecule has 1 aliphatic heterocycles. The van der Waals surface area contributed by atoms with Crippen molar-refractivity contribution in [3.05, 3.63) is 0 Å². The lowest BCUT2D eigenvalue weighted by atomic mass is 9.70. The van der Waals surface area contributed by atoms with E-state index in [0.717, 1.165) is 18.4 Å². The van der Waals surface area contributed by atoms with Gasteiger partial charge in [-0.05, 0) is 37.5 Å². The molecule has 2 aliphatic carbocycles. The minimum absolute atomic E-state index is 0.326. The number of nitrogens with one attached hydrogen (secondary N) is 4. The lowest BCUT2D eigenvalue weighted by Gasteiger charge is -2.45. The molecular formula is C18H36N4. The van der Waals surface area contributed by atoms with Crippen LogP contribution in [-0.4, -0.2) is 12.1 Å². The monoisotopic (exact) mass is 308 g/mol. The molecule has 3 bridgehead atoms. The molecule has 3 aliphatic rings. The highest BCUT2D eigenvalue weighted by Gasteiger charge is 2.38. The molecule has 4 N–H and O–H groups in total. The molecule has 0 aromatic rings. The van der Waals surface area contributed by atoms with Crippen LogP contribution >= 0.6 is 0 Å². The predicted molar refractivity (Wildman–Crippen MR) is 91.8 cm³/mol. The topological polar surface area (TPSA) is 48.1 Å². The van der Waals surface area contributed by atoms with Gasteiger partial charge in [0.25, 0.3) is 0 Å². The van der Waals surface area contributed by atoms with E-state index in [0.29, 0.717) is 5.54 Å². The molecule has 22 heavy (non-hydrogen) atoms. The number of fused-ring (bicyclic) bond motifs is 2. The molecule has 128 valence electrons. The molecule has 2 saturated carbocycles. The van der Waals surface area contributed by atoms with Gasteiger partial charge in [0, 0.05) is 12.1 Å². The second-order valence-electron chi connectivity index (χ2n) is 8.12. The fourth-order valence-electron chi connectivity index (χ4n) is 5.06. The Morgan fingerprint density at radius 2 is 1.27 bits per heavy atom. The molecule has 0 radical (unpaired) electrons. The van der Waals surface area contributed by atoms with E-state index in [4.69, 9.17) is 0 Å². The maximum Gasteiger partial charge on any atom is 0.0343 e. The van der Waals surface area contributed by atoms with Gasteiger partial charge in [-0.25, -0.2) is 10.9 Å². The molecule has 3 atom stereocenters. The molecule has 1 saturated heterocycles. The summed E-state index contributed by atoms with van der Waals surface area (Å²) in [5, 5.41) is 0. The zero-order chi connectivity index (χ0) is 15.1. The van der Waals surface area contributed by atoms with Gasteiger partial charge in [0.05, 0.1) is 0 Å². The summed E-state index contributed by atoms with van der Waals surface area (Å²) in [7, 11) is 0. The van der Waals surface area contributed by atoms with Crippen molar-refractivity contribution in [2.75, 3.05) is 6.54 Å². The molecule has 4 heteroatoms. The lowest BCUT2D eigenvalue weighted by molar-refractivity contribution is 0.0868. The van der Waals surface area contributed by atoms with E-state index in [1.165, 1.54) is 89.9 Å². The Labute approximate surface area is 136 Å². The van der Waals surface area contributed by atoms with Gasteiger partial charge < -0.3 is 0 Å². The molecule has 4 nitrogen and oxygen atoms in total. The molecule has 0 aromatic heterocycles. The fourth-order valence-corrected chi connectivity index (χ4v) is 5.06. The molecule has 3 fully saturated rings. The van der Waals surface area contributed by atoms with E-state index in [-0.39, 0.29) is 0 Å². The van der Waals surface area contributed by atoms with Crippen molar-refractivity contribution in [1.82, 2.24) is 21.9 Å². The molecule has 3 rings (SSSR count). The van der Waals surface area contributed by atoms with E-state index in [1.54, 1.807) is 0 Å². The molecule has 1 spiro atoms. The quantitative estimate of drug-likeness (QED) is 0.553. The van der Waals surface area contributed by atoms with E-state index >= 15 is 0 Å². The zero-order valence-electron chi connectivity index (χ0n) is 14.3. The third-order valence-electron chi connectivity index (χ3n) is 6.22. The summed E-state index contributed by atoms with van der Waals surface area (Å²) in [6.07, 6.45) is 19.9. The van der Waals surface area contributed by atoms with Crippen LogP contribution in [0.5, 0.6) is 0 Å². The second kappa shape index (κ2) is 8.62. The molecule has 3 unspecified atom stereocenters. The lowest BCUT2D eigenvalue weighted by Crippen LogP contribution is -2.64. The summed E-state index contributed by atoms with van der Waals surface area (Å²) in [5.74, 6) is 1.75. The first-order valence-corrected chi connectivity index (χ1v) is 9.86. The summed E-state index contributed by atoms with van der Waals surface area (Å²) in [4.78, 5) is 0. The van der Waals surface area contributed by atoms with Crippen molar-refractivity contribution in [1.29, 1.82) is 0 Å². The highest BCUT2D eigenvalue weighted by atomic mass is 15.7. The molecule has 0 aromatic carbocycles. The van der Waals surface area contributed by atoms with Crippen LogP contribution in [0.2, 0.25) is 0 Å². The van der Waals surface area contributed by atoms with Crippen LogP contribution in [-0.2, 0) is 0 Å². The van der Waals surface area contributed by atoms with Gasteiger partial charge in [-0.2, -0.15) is 11.1 Å². The number of hydrogen-bond donors (Lipinski definition) is 4. The summed E-state index contributed by atoms with van der Waals surface area (Å²) < 4.78 is 0. The second-order valence-corrected chi connectivity index (χ2v) is 8.12. The largest absolute Gasteiger partial charge is 0.243 e. The van der Waals surface area contributed by atoms with Crippen LogP contribution in [0.3, 0.4) is 0 Å². The average molecular weight is 309 g/mol. The summed E-state index contributed by atoms with van der Waals surface area (Å²) in [6, 6.07) is 0. The van der Waals surface area contributed by atoms with Crippen molar-refractivity contribution >= 4 is 0 Å². The third-order valence-corrected chi connectivity index (χ3v) is 6.22. The summed E-state index contributed by atoms with van der Waals surface area (Å²) in [5.41, 5.74) is 13.7. The van der Waals surface area contributed by atoms with E-state index in [2.05, 4.69) is 21.9 Å². The van der Waals surface area contributed by atoms with Gasteiger partial charge in [0.15, 0.2) is 0 Å². The first-order chi connectivity index (χ1) is 10.9.